The Hall–Kier alpha value is -5.62. The first-order valence-electron chi connectivity index (χ1n) is 18.9. The number of carbonyl (C=O) groups is 3. The lowest BCUT2D eigenvalue weighted by Crippen LogP contribution is -2.52. The minimum Gasteiger partial charge on any atom is -0.382 e. The molecule has 4 aliphatic heterocycles. The largest absolute Gasteiger partial charge is 0.382 e. The van der Waals surface area contributed by atoms with E-state index in [1.807, 2.05) is 66.5 Å². The van der Waals surface area contributed by atoms with E-state index in [4.69, 9.17) is 16.6 Å². The number of carbonyl (C=O) groups excluding carboxylic acids is 3. The number of rotatable bonds is 7. The lowest BCUT2D eigenvalue weighted by Gasteiger charge is -2.33. The molecule has 0 spiro atoms. The molecule has 5 aromatic rings. The van der Waals surface area contributed by atoms with E-state index in [2.05, 4.69) is 54.2 Å². The van der Waals surface area contributed by atoms with Gasteiger partial charge < -0.3 is 15.1 Å². The van der Waals surface area contributed by atoms with Crippen molar-refractivity contribution in [3.8, 4) is 16.8 Å². The Morgan fingerprint density at radius 3 is 2.62 bits per heavy atom. The monoisotopic (exact) mass is 786 g/mol. The van der Waals surface area contributed by atoms with Crippen LogP contribution in [-0.2, 0) is 29.2 Å². The van der Waals surface area contributed by atoms with E-state index in [1.165, 1.54) is 0 Å². The molecule has 0 saturated carbocycles. The van der Waals surface area contributed by atoms with Crippen molar-refractivity contribution in [2.24, 2.45) is 4.99 Å². The van der Waals surface area contributed by atoms with Gasteiger partial charge in [0, 0.05) is 77.8 Å². The zero-order chi connectivity index (χ0) is 38.5. The van der Waals surface area contributed by atoms with E-state index >= 15 is 0 Å². The van der Waals surface area contributed by atoms with Gasteiger partial charge >= 0.3 is 0 Å². The highest BCUT2D eigenvalue weighted by atomic mass is 35.5. The average Bonchev–Trinajstić information content (AvgIpc) is 3.94. The second-order valence-electron chi connectivity index (χ2n) is 14.6. The minimum atomic E-state index is -0.624. The molecule has 2 aromatic carbocycles. The van der Waals surface area contributed by atoms with Gasteiger partial charge in [0.15, 0.2) is 5.82 Å². The van der Waals surface area contributed by atoms with Gasteiger partial charge in [-0.15, -0.1) is 21.5 Å². The van der Waals surface area contributed by atoms with Gasteiger partial charge in [-0.1, -0.05) is 41.6 Å². The summed E-state index contributed by atoms with van der Waals surface area (Å²) in [6.07, 6.45) is 6.36. The molecule has 1 unspecified atom stereocenters. The maximum Gasteiger partial charge on any atom is 0.255 e. The van der Waals surface area contributed by atoms with Crippen molar-refractivity contribution in [3.63, 3.8) is 0 Å². The maximum absolute atomic E-state index is 13.3. The zero-order valence-electron chi connectivity index (χ0n) is 31.0. The van der Waals surface area contributed by atoms with Crippen LogP contribution in [0.25, 0.3) is 5.00 Å². The summed E-state index contributed by atoms with van der Waals surface area (Å²) in [7, 11) is 0. The van der Waals surface area contributed by atoms with Crippen molar-refractivity contribution >= 4 is 52.1 Å². The van der Waals surface area contributed by atoms with Crippen LogP contribution in [0.4, 0.5) is 5.69 Å². The van der Waals surface area contributed by atoms with E-state index in [0.717, 1.165) is 99.8 Å². The molecule has 0 aliphatic carbocycles. The molecule has 56 heavy (non-hydrogen) atoms. The Morgan fingerprint density at radius 1 is 1.00 bits per heavy atom. The van der Waals surface area contributed by atoms with Crippen LogP contribution in [0.3, 0.4) is 0 Å². The molecule has 1 atom stereocenters. The van der Waals surface area contributed by atoms with E-state index in [9.17, 15) is 14.4 Å². The molecule has 13 nitrogen and oxygen atoms in total. The Kier molecular flexibility index (Phi) is 9.52. The number of thiophene rings is 1. The van der Waals surface area contributed by atoms with Crippen LogP contribution in [0.1, 0.15) is 80.4 Å². The number of halogens is 1. The molecule has 15 heteroatoms. The third-order valence-electron chi connectivity index (χ3n) is 11.1. The standard InChI is InChI=1S/C41H39ClN10O3S/c1-24-34(56-41-37(24)38(27-7-9-28(42)10-8-27)43-21-35-48-47-25(2)52(35)41)12-6-26-20-44-50(22-26)19-18-49-16-14-29(15-17-49)45-32-5-3-4-30-31(32)23-51(40(30)55)33-11-13-36(53)46-39(33)54/h3-5,7-10,20,22,29,33,45H,11,13-19,21,23H2,1-2H3,(H,46,53,54). The van der Waals surface area contributed by atoms with Crippen LogP contribution < -0.4 is 10.6 Å². The van der Waals surface area contributed by atoms with Crippen molar-refractivity contribution in [2.75, 3.05) is 25.0 Å². The molecular formula is C41H39ClN10O3S. The predicted molar refractivity (Wildman–Crippen MR) is 213 cm³/mol. The second kappa shape index (κ2) is 14.8. The van der Waals surface area contributed by atoms with Gasteiger partial charge in [-0.3, -0.25) is 33.9 Å². The van der Waals surface area contributed by atoms with Crippen LogP contribution in [0.5, 0.6) is 0 Å². The summed E-state index contributed by atoms with van der Waals surface area (Å²) in [5.41, 5.74) is 7.33. The quantitative estimate of drug-likeness (QED) is 0.176. The number of likely N-dealkylation sites (tertiary alicyclic amines) is 1. The number of hydrogen-bond acceptors (Lipinski definition) is 10. The smallest absolute Gasteiger partial charge is 0.255 e. The Labute approximate surface area is 332 Å². The average molecular weight is 787 g/mol. The van der Waals surface area contributed by atoms with Gasteiger partial charge in [-0.05, 0) is 62.9 Å². The number of fused-ring (bicyclic) bond motifs is 4. The number of imide groups is 1. The van der Waals surface area contributed by atoms with Crippen LogP contribution in [0, 0.1) is 25.7 Å². The third kappa shape index (κ3) is 6.80. The molecule has 3 aromatic heterocycles. The van der Waals surface area contributed by atoms with Gasteiger partial charge in [-0.2, -0.15) is 5.10 Å². The van der Waals surface area contributed by atoms with Crippen LogP contribution >= 0.6 is 22.9 Å². The summed E-state index contributed by atoms with van der Waals surface area (Å²) in [6, 6.07) is 13.2. The molecule has 2 fully saturated rings. The van der Waals surface area contributed by atoms with Crippen LogP contribution in [0.15, 0.2) is 59.9 Å². The number of piperidine rings is 2. The summed E-state index contributed by atoms with van der Waals surface area (Å²) >= 11 is 7.84. The fourth-order valence-electron chi connectivity index (χ4n) is 8.06. The first-order valence-corrected chi connectivity index (χ1v) is 20.0. The summed E-state index contributed by atoms with van der Waals surface area (Å²) in [6.45, 7) is 8.37. The highest BCUT2D eigenvalue weighted by molar-refractivity contribution is 7.15. The maximum atomic E-state index is 13.3. The van der Waals surface area contributed by atoms with Gasteiger partial charge in [0.05, 0.1) is 28.9 Å². The normalized spacial score (nSPS) is 18.4. The summed E-state index contributed by atoms with van der Waals surface area (Å²) in [5.74, 6) is 7.56. The second-order valence-corrected chi connectivity index (χ2v) is 16.1. The van der Waals surface area contributed by atoms with E-state index in [-0.39, 0.29) is 24.3 Å². The number of amides is 3. The topological polar surface area (TPSA) is 143 Å². The lowest BCUT2D eigenvalue weighted by molar-refractivity contribution is -0.136. The van der Waals surface area contributed by atoms with Crippen LogP contribution in [0.2, 0.25) is 5.02 Å². The molecule has 0 bridgehead atoms. The Bertz CT molecular complexity index is 2480. The number of aromatic nitrogens is 5. The highest BCUT2D eigenvalue weighted by Gasteiger charge is 2.40. The molecular weight excluding hydrogens is 748 g/mol. The third-order valence-corrected chi connectivity index (χ3v) is 12.5. The van der Waals surface area contributed by atoms with Crippen molar-refractivity contribution in [2.45, 2.75) is 71.2 Å². The van der Waals surface area contributed by atoms with Gasteiger partial charge in [0.25, 0.3) is 5.91 Å². The van der Waals surface area contributed by atoms with Gasteiger partial charge in [-0.25, -0.2) is 0 Å². The van der Waals surface area contributed by atoms with Crippen molar-refractivity contribution in [1.29, 1.82) is 0 Å². The fourth-order valence-corrected chi connectivity index (χ4v) is 9.42. The Morgan fingerprint density at radius 2 is 1.82 bits per heavy atom. The molecule has 3 amide bonds. The molecule has 284 valence electrons. The molecule has 2 N–H and O–H groups in total. The first kappa shape index (κ1) is 36.0. The number of nitrogens with one attached hydrogen (secondary N) is 2. The number of aryl methyl sites for hydroxylation is 1. The zero-order valence-corrected chi connectivity index (χ0v) is 32.6. The van der Waals surface area contributed by atoms with E-state index < -0.39 is 11.9 Å². The number of nitrogens with zero attached hydrogens (tertiary/aromatic N) is 8. The van der Waals surface area contributed by atoms with Gasteiger partial charge in [0.2, 0.25) is 11.8 Å². The number of anilines is 1. The molecule has 4 aliphatic rings. The number of hydrogen-bond donors (Lipinski definition) is 2. The van der Waals surface area contributed by atoms with Crippen LogP contribution in [-0.4, -0.2) is 89.5 Å². The molecule has 2 saturated heterocycles. The van der Waals surface area contributed by atoms with E-state index in [1.54, 1.807) is 16.2 Å². The lowest BCUT2D eigenvalue weighted by atomic mass is 10.00. The molecule has 7 heterocycles. The first-order chi connectivity index (χ1) is 27.2. The predicted octanol–water partition coefficient (Wildman–Crippen LogP) is 4.88. The minimum absolute atomic E-state index is 0.156. The fraction of sp³-hybridized carbons (Fsp3) is 0.341. The van der Waals surface area contributed by atoms with Crippen molar-refractivity contribution in [1.82, 2.24) is 39.7 Å². The highest BCUT2D eigenvalue weighted by Crippen LogP contribution is 2.37. The number of aliphatic imine (C=N–C) groups is 1. The van der Waals surface area contributed by atoms with Crippen molar-refractivity contribution in [3.05, 3.63) is 110 Å². The summed E-state index contributed by atoms with van der Waals surface area (Å²) in [5, 5.41) is 21.1. The molecule has 9 rings (SSSR count). The SMILES string of the molecule is Cc1c(C#Cc2cnn(CCN3CCC(Nc4cccc5c4CN(C4CCC(=O)NC4=O)C5=O)CC3)c2)sc2c1C(c1ccc(Cl)cc1)=NCc1nnc(C)n1-2. The summed E-state index contributed by atoms with van der Waals surface area (Å²) in [4.78, 5) is 47.5. The molecule has 0 radical (unpaired) electrons. The van der Waals surface area contributed by atoms with Gasteiger partial charge in [0.1, 0.15) is 23.4 Å². The van der Waals surface area contributed by atoms with E-state index in [0.29, 0.717) is 30.1 Å². The van der Waals surface area contributed by atoms with Crippen molar-refractivity contribution < 1.29 is 14.4 Å². The summed E-state index contributed by atoms with van der Waals surface area (Å²) < 4.78 is 4.05. The number of benzene rings is 2. The Balaban J connectivity index is 0.821.